The van der Waals surface area contributed by atoms with E-state index < -0.39 is 0 Å². The molecule has 2 amide bonds. The number of nitrogens with zero attached hydrogens (tertiary/aromatic N) is 3. The Labute approximate surface area is 173 Å². The number of ether oxygens (including phenoxy) is 1. The van der Waals surface area contributed by atoms with Gasteiger partial charge in [0.05, 0.1) is 13.2 Å². The number of benzene rings is 1. The van der Waals surface area contributed by atoms with Crippen LogP contribution in [0.25, 0.3) is 0 Å². The second-order valence-corrected chi connectivity index (χ2v) is 9.76. The van der Waals surface area contributed by atoms with Crippen LogP contribution in [0.3, 0.4) is 0 Å². The van der Waals surface area contributed by atoms with Crippen molar-refractivity contribution in [2.24, 2.45) is 11.3 Å². The van der Waals surface area contributed by atoms with Crippen molar-refractivity contribution in [3.05, 3.63) is 29.6 Å². The summed E-state index contributed by atoms with van der Waals surface area (Å²) in [6, 6.07) is 5.43. The molecule has 1 aromatic carbocycles. The Bertz CT molecular complexity index is 742. The zero-order valence-electron chi connectivity index (χ0n) is 18.0. The fourth-order valence-electron chi connectivity index (χ4n) is 4.56. The predicted molar refractivity (Wildman–Crippen MR) is 111 cm³/mol. The molecule has 0 unspecified atom stereocenters. The number of hydrogen-bond acceptors (Lipinski definition) is 3. The van der Waals surface area contributed by atoms with Crippen molar-refractivity contribution < 1.29 is 13.9 Å². The fourth-order valence-corrected chi connectivity index (χ4v) is 4.56. The van der Waals surface area contributed by atoms with E-state index in [9.17, 15) is 9.18 Å². The summed E-state index contributed by atoms with van der Waals surface area (Å²) in [5, 5.41) is 0. The van der Waals surface area contributed by atoms with E-state index in [1.807, 2.05) is 11.0 Å². The molecule has 1 aromatic rings. The van der Waals surface area contributed by atoms with Gasteiger partial charge in [0.25, 0.3) is 0 Å². The topological polar surface area (TPSA) is 36.0 Å². The molecule has 0 aromatic heterocycles. The first kappa shape index (κ1) is 20.5. The third kappa shape index (κ3) is 4.68. The second kappa shape index (κ2) is 8.13. The van der Waals surface area contributed by atoms with Crippen LogP contribution in [-0.4, -0.2) is 66.6 Å². The zero-order valence-corrected chi connectivity index (χ0v) is 18.0. The highest BCUT2D eigenvalue weighted by molar-refractivity contribution is 5.76. The molecule has 2 heterocycles. The molecule has 4 rings (SSSR count). The fraction of sp³-hybridized carbons (Fsp3) is 0.696. The van der Waals surface area contributed by atoms with Gasteiger partial charge in [-0.3, -0.25) is 0 Å². The molecule has 1 spiro atoms. The molecule has 3 aliphatic rings. The van der Waals surface area contributed by atoms with E-state index in [1.54, 1.807) is 6.07 Å². The Morgan fingerprint density at radius 3 is 2.55 bits per heavy atom. The third-order valence-corrected chi connectivity index (χ3v) is 6.60. The molecule has 2 aliphatic heterocycles. The number of rotatable bonds is 6. The molecule has 0 atom stereocenters. The summed E-state index contributed by atoms with van der Waals surface area (Å²) in [6.45, 7) is 8.73. The first-order valence-electron chi connectivity index (χ1n) is 11.0. The summed E-state index contributed by atoms with van der Waals surface area (Å²) >= 11 is 0. The summed E-state index contributed by atoms with van der Waals surface area (Å²) in [4.78, 5) is 19.6. The van der Waals surface area contributed by atoms with Crippen molar-refractivity contribution in [1.29, 1.82) is 0 Å². The van der Waals surface area contributed by atoms with Crippen molar-refractivity contribution in [3.63, 3.8) is 0 Å². The quantitative estimate of drug-likeness (QED) is 0.721. The van der Waals surface area contributed by atoms with E-state index in [0.29, 0.717) is 36.4 Å². The largest absolute Gasteiger partial charge is 0.493 e. The smallest absolute Gasteiger partial charge is 0.320 e. The molecule has 29 heavy (non-hydrogen) atoms. The summed E-state index contributed by atoms with van der Waals surface area (Å²) in [5.41, 5.74) is 0.796. The molecule has 6 heteroatoms. The van der Waals surface area contributed by atoms with Gasteiger partial charge in [-0.05, 0) is 57.8 Å². The summed E-state index contributed by atoms with van der Waals surface area (Å²) < 4.78 is 20.4. The predicted octanol–water partition coefficient (Wildman–Crippen LogP) is 3.97. The first-order chi connectivity index (χ1) is 13.8. The van der Waals surface area contributed by atoms with E-state index in [1.165, 1.54) is 18.9 Å². The monoisotopic (exact) mass is 403 g/mol. The lowest BCUT2D eigenvalue weighted by Crippen LogP contribution is -2.58. The van der Waals surface area contributed by atoms with Crippen molar-refractivity contribution in [3.8, 4) is 5.75 Å². The molecule has 1 saturated carbocycles. The SMILES string of the molecule is CC(C)COc1ccc(CN2CC3(CC3)CN(C3CCN(C)CC3)C2=O)c(F)c1. The molecule has 0 bridgehead atoms. The van der Waals surface area contributed by atoms with Crippen molar-refractivity contribution in [2.45, 2.75) is 52.1 Å². The van der Waals surface area contributed by atoms with Crippen LogP contribution in [0.1, 0.15) is 45.1 Å². The van der Waals surface area contributed by atoms with E-state index in [-0.39, 0.29) is 17.3 Å². The zero-order chi connectivity index (χ0) is 20.6. The van der Waals surface area contributed by atoms with Gasteiger partial charge in [-0.25, -0.2) is 9.18 Å². The number of amides is 2. The molecule has 1 aliphatic carbocycles. The van der Waals surface area contributed by atoms with Gasteiger partial charge in [-0.1, -0.05) is 19.9 Å². The van der Waals surface area contributed by atoms with Gasteiger partial charge in [0.15, 0.2) is 0 Å². The van der Waals surface area contributed by atoms with Crippen molar-refractivity contribution >= 4 is 6.03 Å². The van der Waals surface area contributed by atoms with Crippen LogP contribution in [0.2, 0.25) is 0 Å². The Hall–Kier alpha value is -1.82. The molecule has 0 radical (unpaired) electrons. The van der Waals surface area contributed by atoms with E-state index in [4.69, 9.17) is 4.74 Å². The lowest BCUT2D eigenvalue weighted by atomic mass is 9.97. The van der Waals surface area contributed by atoms with Crippen LogP contribution in [-0.2, 0) is 6.54 Å². The number of carbonyl (C=O) groups excluding carboxylic acids is 1. The van der Waals surface area contributed by atoms with Crippen LogP contribution >= 0.6 is 0 Å². The minimum absolute atomic E-state index is 0.0802. The number of likely N-dealkylation sites (tertiary alicyclic amines) is 1. The minimum Gasteiger partial charge on any atom is -0.493 e. The normalized spacial score (nSPS) is 22.6. The van der Waals surface area contributed by atoms with Gasteiger partial charge in [-0.2, -0.15) is 0 Å². The standard InChI is InChI=1S/C23H34FN3O2/c1-17(2)14-29-20-5-4-18(21(24)12-20)13-26-15-23(8-9-23)16-27(22(26)28)19-6-10-25(3)11-7-19/h4-5,12,17,19H,6-11,13-16H2,1-3H3. The van der Waals surface area contributed by atoms with E-state index >= 15 is 0 Å². The number of halogens is 1. The average molecular weight is 404 g/mol. The maximum atomic E-state index is 14.7. The van der Waals surface area contributed by atoms with Crippen molar-refractivity contribution in [2.75, 3.05) is 39.8 Å². The van der Waals surface area contributed by atoms with Crippen LogP contribution < -0.4 is 4.74 Å². The summed E-state index contributed by atoms with van der Waals surface area (Å²) in [7, 11) is 2.14. The molecule has 0 N–H and O–H groups in total. The van der Waals surface area contributed by atoms with Gasteiger partial charge in [0.2, 0.25) is 0 Å². The Kier molecular flexibility index (Phi) is 5.74. The van der Waals surface area contributed by atoms with Gasteiger partial charge in [-0.15, -0.1) is 0 Å². The average Bonchev–Trinajstić information content (AvgIpc) is 3.44. The highest BCUT2D eigenvalue weighted by Crippen LogP contribution is 2.50. The number of hydrogen-bond donors (Lipinski definition) is 0. The second-order valence-electron chi connectivity index (χ2n) is 9.76. The maximum Gasteiger partial charge on any atom is 0.320 e. The molecule has 2 saturated heterocycles. The lowest BCUT2D eigenvalue weighted by molar-refractivity contribution is 0.0518. The van der Waals surface area contributed by atoms with Crippen LogP contribution in [0.15, 0.2) is 18.2 Å². The first-order valence-corrected chi connectivity index (χ1v) is 11.0. The summed E-state index contributed by atoms with van der Waals surface area (Å²) in [5.74, 6) is 0.654. The highest BCUT2D eigenvalue weighted by Gasteiger charge is 2.52. The number of carbonyl (C=O) groups is 1. The van der Waals surface area contributed by atoms with Gasteiger partial charge in [0.1, 0.15) is 11.6 Å². The van der Waals surface area contributed by atoms with Gasteiger partial charge in [0, 0.05) is 36.2 Å². The number of piperidine rings is 1. The Morgan fingerprint density at radius 2 is 1.93 bits per heavy atom. The van der Waals surface area contributed by atoms with Gasteiger partial charge >= 0.3 is 6.03 Å². The lowest BCUT2D eigenvalue weighted by Gasteiger charge is -2.46. The van der Waals surface area contributed by atoms with E-state index in [2.05, 4.69) is 30.7 Å². The molecular formula is C23H34FN3O2. The molecule has 160 valence electrons. The third-order valence-electron chi connectivity index (χ3n) is 6.60. The Balaban J connectivity index is 1.45. The number of urea groups is 1. The maximum absolute atomic E-state index is 14.7. The van der Waals surface area contributed by atoms with Crippen LogP contribution in [0.5, 0.6) is 5.75 Å². The highest BCUT2D eigenvalue weighted by atomic mass is 19.1. The van der Waals surface area contributed by atoms with Crippen LogP contribution in [0, 0.1) is 17.2 Å². The molecule has 5 nitrogen and oxygen atoms in total. The molecule has 3 fully saturated rings. The minimum atomic E-state index is -0.291. The molecular weight excluding hydrogens is 369 g/mol. The van der Waals surface area contributed by atoms with Crippen molar-refractivity contribution in [1.82, 2.24) is 14.7 Å². The van der Waals surface area contributed by atoms with Crippen LogP contribution in [0.4, 0.5) is 9.18 Å². The van der Waals surface area contributed by atoms with E-state index in [0.717, 1.165) is 39.0 Å². The Morgan fingerprint density at radius 1 is 1.21 bits per heavy atom. The summed E-state index contributed by atoms with van der Waals surface area (Å²) in [6.07, 6.45) is 4.40. The van der Waals surface area contributed by atoms with Gasteiger partial charge < -0.3 is 19.4 Å².